The molecule has 0 amide bonds. The molecular weight excluding hydrogens is 339 g/mol. The Bertz CT molecular complexity index is 400. The van der Waals surface area contributed by atoms with Crippen molar-refractivity contribution in [2.45, 2.75) is 67.8 Å². The van der Waals surface area contributed by atoms with E-state index in [2.05, 4.69) is 5.32 Å². The van der Waals surface area contributed by atoms with Crippen LogP contribution in [0, 0.1) is 27.9 Å². The third-order valence-corrected chi connectivity index (χ3v) is 6.84. The number of alkyl halides is 2. The highest BCUT2D eigenvalue weighted by Crippen LogP contribution is 2.40. The summed E-state index contributed by atoms with van der Waals surface area (Å²) in [5, 5.41) is 25.4. The Kier molecular flexibility index (Phi) is 7.39. The Morgan fingerprint density at radius 2 is 1.91 bits per heavy atom. The molecule has 2 rings (SSSR count). The first-order chi connectivity index (χ1) is 11.0. The van der Waals surface area contributed by atoms with Crippen LogP contribution in [0.3, 0.4) is 0 Å². The maximum atomic E-state index is 11.4. The number of nitro groups is 1. The van der Waals surface area contributed by atoms with Crippen molar-refractivity contribution < 1.29 is 10.0 Å². The van der Waals surface area contributed by atoms with Gasteiger partial charge in [0.15, 0.2) is 0 Å². The lowest BCUT2D eigenvalue weighted by molar-refractivity contribution is -0.538. The lowest BCUT2D eigenvalue weighted by Gasteiger charge is -2.40. The van der Waals surface area contributed by atoms with Crippen LogP contribution < -0.4 is 5.32 Å². The highest BCUT2D eigenvalue weighted by Gasteiger charge is 2.44. The van der Waals surface area contributed by atoms with E-state index in [1.807, 2.05) is 7.05 Å². The summed E-state index contributed by atoms with van der Waals surface area (Å²) in [6.07, 6.45) is 5.05. The largest absolute Gasteiger partial charge is 0.392 e. The molecule has 0 aromatic rings. The fraction of sp³-hybridized carbons (Fsp3) is 1.00. The van der Waals surface area contributed by atoms with Gasteiger partial charge in [-0.2, -0.15) is 0 Å². The maximum Gasteiger partial charge on any atom is 0.218 e. The van der Waals surface area contributed by atoms with Crippen LogP contribution in [0.2, 0.25) is 0 Å². The SMILES string of the molecule is CNC[C@H](C1CCC(Cl)C(Cl)C1)[C@@H](O)C1CCCCC1[N+](=O)[O-]. The predicted octanol–water partition coefficient (Wildman–Crippen LogP) is 3.03. The van der Waals surface area contributed by atoms with Crippen molar-refractivity contribution in [1.82, 2.24) is 5.32 Å². The highest BCUT2D eigenvalue weighted by atomic mass is 35.5. The molecule has 7 atom stereocenters. The third kappa shape index (κ3) is 4.71. The van der Waals surface area contributed by atoms with E-state index in [1.165, 1.54) is 0 Å². The van der Waals surface area contributed by atoms with E-state index in [9.17, 15) is 15.2 Å². The molecule has 0 aromatic heterocycles. The number of nitrogens with one attached hydrogen (secondary N) is 1. The monoisotopic (exact) mass is 366 g/mol. The van der Waals surface area contributed by atoms with Crippen molar-refractivity contribution in [2.75, 3.05) is 13.6 Å². The molecule has 0 spiro atoms. The normalized spacial score (nSPS) is 38.0. The fourth-order valence-electron chi connectivity index (χ4n) is 4.42. The standard InChI is InChI=1S/C16H28Cl2N2O3/c1-19-9-12(10-6-7-13(17)14(18)8-10)16(21)11-4-2-3-5-15(11)20(22)23/h10-16,19,21H,2-9H2,1H3/t10?,11?,12-,13?,14?,15?,16+/m1/s1. The summed E-state index contributed by atoms with van der Waals surface area (Å²) in [5.41, 5.74) is 0. The summed E-state index contributed by atoms with van der Waals surface area (Å²) in [5.74, 6) is 0.0137. The van der Waals surface area contributed by atoms with E-state index in [4.69, 9.17) is 23.2 Å². The molecule has 0 aliphatic heterocycles. The molecular formula is C16H28Cl2N2O3. The third-order valence-electron chi connectivity index (χ3n) is 5.71. The maximum absolute atomic E-state index is 11.4. The Labute approximate surface area is 148 Å². The molecule has 2 fully saturated rings. The topological polar surface area (TPSA) is 75.4 Å². The molecule has 7 heteroatoms. The zero-order valence-corrected chi connectivity index (χ0v) is 15.2. The van der Waals surface area contributed by atoms with E-state index in [0.29, 0.717) is 13.0 Å². The van der Waals surface area contributed by atoms with Crippen LogP contribution in [0.5, 0.6) is 0 Å². The second-order valence-electron chi connectivity index (χ2n) is 7.12. The highest BCUT2D eigenvalue weighted by molar-refractivity contribution is 6.30. The number of halogens is 2. The average molecular weight is 367 g/mol. The van der Waals surface area contributed by atoms with Crippen molar-refractivity contribution in [2.24, 2.45) is 17.8 Å². The van der Waals surface area contributed by atoms with Crippen LogP contribution in [0.1, 0.15) is 44.9 Å². The number of nitrogens with zero attached hydrogens (tertiary/aromatic N) is 1. The molecule has 2 saturated carbocycles. The van der Waals surface area contributed by atoms with Crippen molar-refractivity contribution in [1.29, 1.82) is 0 Å². The quantitative estimate of drug-likeness (QED) is 0.430. The zero-order chi connectivity index (χ0) is 17.0. The van der Waals surface area contributed by atoms with Gasteiger partial charge in [0, 0.05) is 29.2 Å². The Hall–Kier alpha value is -0.100. The molecule has 0 radical (unpaired) electrons. The second-order valence-corrected chi connectivity index (χ2v) is 8.24. The lowest BCUT2D eigenvalue weighted by Crippen LogP contribution is -2.48. The number of aliphatic hydroxyl groups is 1. The molecule has 2 aliphatic rings. The first-order valence-electron chi connectivity index (χ1n) is 8.70. The first-order valence-corrected chi connectivity index (χ1v) is 9.57. The van der Waals surface area contributed by atoms with Gasteiger partial charge in [0.05, 0.1) is 17.4 Å². The van der Waals surface area contributed by atoms with E-state index >= 15 is 0 Å². The van der Waals surface area contributed by atoms with E-state index in [-0.39, 0.29) is 33.4 Å². The molecule has 23 heavy (non-hydrogen) atoms. The minimum Gasteiger partial charge on any atom is -0.392 e. The van der Waals surface area contributed by atoms with Gasteiger partial charge < -0.3 is 10.4 Å². The lowest BCUT2D eigenvalue weighted by atomic mass is 9.70. The fourth-order valence-corrected chi connectivity index (χ4v) is 5.00. The Morgan fingerprint density at radius 1 is 1.22 bits per heavy atom. The summed E-state index contributed by atoms with van der Waals surface area (Å²) in [6.45, 7) is 0.656. The molecule has 2 aliphatic carbocycles. The predicted molar refractivity (Wildman–Crippen MR) is 92.8 cm³/mol. The van der Waals surface area contributed by atoms with Gasteiger partial charge >= 0.3 is 0 Å². The van der Waals surface area contributed by atoms with Crippen LogP contribution in [0.15, 0.2) is 0 Å². The van der Waals surface area contributed by atoms with Crippen LogP contribution in [0.4, 0.5) is 0 Å². The minimum absolute atomic E-state index is 0.00373. The molecule has 5 unspecified atom stereocenters. The van der Waals surface area contributed by atoms with Gasteiger partial charge in [-0.25, -0.2) is 0 Å². The summed E-state index contributed by atoms with van der Waals surface area (Å²) in [6, 6.07) is -0.616. The van der Waals surface area contributed by atoms with Crippen molar-refractivity contribution >= 4 is 23.2 Å². The Balaban J connectivity index is 2.10. The summed E-state index contributed by atoms with van der Waals surface area (Å²) in [4.78, 5) is 11.2. The molecule has 0 bridgehead atoms. The van der Waals surface area contributed by atoms with Gasteiger partial charge in [-0.1, -0.05) is 6.42 Å². The zero-order valence-electron chi connectivity index (χ0n) is 13.7. The van der Waals surface area contributed by atoms with Crippen LogP contribution in [-0.2, 0) is 0 Å². The Morgan fingerprint density at radius 3 is 2.52 bits per heavy atom. The first kappa shape index (κ1) is 19.2. The van der Waals surface area contributed by atoms with Crippen LogP contribution in [0.25, 0.3) is 0 Å². The second kappa shape index (κ2) is 8.84. The molecule has 0 saturated heterocycles. The van der Waals surface area contributed by atoms with Crippen molar-refractivity contribution in [3.8, 4) is 0 Å². The van der Waals surface area contributed by atoms with Crippen molar-refractivity contribution in [3.05, 3.63) is 10.1 Å². The minimum atomic E-state index is -0.654. The van der Waals surface area contributed by atoms with Gasteiger partial charge in [0.25, 0.3) is 0 Å². The van der Waals surface area contributed by atoms with Gasteiger partial charge in [-0.3, -0.25) is 10.1 Å². The molecule has 134 valence electrons. The van der Waals surface area contributed by atoms with Crippen molar-refractivity contribution in [3.63, 3.8) is 0 Å². The van der Waals surface area contributed by atoms with Gasteiger partial charge in [-0.15, -0.1) is 23.2 Å². The smallest absolute Gasteiger partial charge is 0.218 e. The number of hydrogen-bond acceptors (Lipinski definition) is 4. The van der Waals surface area contributed by atoms with Crippen LogP contribution >= 0.6 is 23.2 Å². The summed E-state index contributed by atoms with van der Waals surface area (Å²) >= 11 is 12.5. The molecule has 0 aromatic carbocycles. The summed E-state index contributed by atoms with van der Waals surface area (Å²) < 4.78 is 0. The van der Waals surface area contributed by atoms with E-state index in [0.717, 1.165) is 38.5 Å². The van der Waals surface area contributed by atoms with Crippen LogP contribution in [-0.4, -0.2) is 46.5 Å². The number of rotatable bonds is 6. The molecule has 0 heterocycles. The van der Waals surface area contributed by atoms with Gasteiger partial charge in [-0.05, 0) is 45.1 Å². The average Bonchev–Trinajstić information content (AvgIpc) is 2.54. The summed E-state index contributed by atoms with van der Waals surface area (Å²) in [7, 11) is 1.86. The number of hydrogen-bond donors (Lipinski definition) is 2. The number of aliphatic hydroxyl groups excluding tert-OH is 1. The van der Waals surface area contributed by atoms with Gasteiger partial charge in [0.2, 0.25) is 6.04 Å². The molecule has 5 nitrogen and oxygen atoms in total. The molecule has 2 N–H and O–H groups in total. The van der Waals surface area contributed by atoms with E-state index < -0.39 is 12.1 Å². The van der Waals surface area contributed by atoms with E-state index in [1.54, 1.807) is 0 Å². The van der Waals surface area contributed by atoms with Gasteiger partial charge in [0.1, 0.15) is 0 Å².